The van der Waals surface area contributed by atoms with Gasteiger partial charge in [-0.25, -0.2) is 4.99 Å². The highest BCUT2D eigenvalue weighted by Crippen LogP contribution is 1.93. The van der Waals surface area contributed by atoms with Crippen molar-refractivity contribution >= 4 is 12.2 Å². The fourth-order valence-electron chi connectivity index (χ4n) is 0.339. The number of aliphatic imine (C=N–C) groups is 1. The number of rotatable bonds is 2. The van der Waals surface area contributed by atoms with Gasteiger partial charge >= 0.3 is 0 Å². The normalized spacial score (nSPS) is 12.5. The minimum Gasteiger partial charge on any atom is -0.369 e. The molecule has 0 aromatic rings. The minimum absolute atomic E-state index is 0.402. The molecule has 0 spiro atoms. The van der Waals surface area contributed by atoms with Crippen LogP contribution < -0.4 is 0 Å². The first-order valence-corrected chi connectivity index (χ1v) is 3.22. The van der Waals surface area contributed by atoms with E-state index in [9.17, 15) is 4.79 Å². The summed E-state index contributed by atoms with van der Waals surface area (Å²) in [7, 11) is 3.52. The summed E-state index contributed by atoms with van der Waals surface area (Å²) >= 11 is 0. The van der Waals surface area contributed by atoms with Gasteiger partial charge in [0, 0.05) is 14.1 Å². The summed E-state index contributed by atoms with van der Waals surface area (Å²) in [6, 6.07) is 1.81. The van der Waals surface area contributed by atoms with E-state index in [0.29, 0.717) is 0 Å². The van der Waals surface area contributed by atoms with E-state index in [-0.39, 0.29) is 0 Å². The summed E-state index contributed by atoms with van der Waals surface area (Å²) in [6.45, 7) is 1.52. The van der Waals surface area contributed by atoms with Crippen LogP contribution in [0.15, 0.2) is 4.99 Å². The number of hydrogen-bond acceptors (Lipinski definition) is 2. The van der Waals surface area contributed by atoms with Gasteiger partial charge in [0.2, 0.25) is 0 Å². The molecule has 0 saturated carbocycles. The van der Waals surface area contributed by atoms with Crippen LogP contribution in [0, 0.1) is 17.2 Å². The van der Waals surface area contributed by atoms with Crippen LogP contribution in [0.3, 0.4) is 0 Å². The van der Waals surface area contributed by atoms with Crippen LogP contribution in [0.5, 0.6) is 0 Å². The molecule has 0 aromatic carbocycles. The van der Waals surface area contributed by atoms with E-state index in [1.54, 1.807) is 25.1 Å². The van der Waals surface area contributed by atoms with Crippen molar-refractivity contribution in [2.75, 3.05) is 14.1 Å². The predicted octanol–water partition coefficient (Wildman–Crippen LogP) is 0.263. The topological polar surface area (TPSA) is 56.5 Å². The van der Waals surface area contributed by atoms with E-state index >= 15 is 0 Å². The first kappa shape index (κ1) is 9.63. The Kier molecular flexibility index (Phi) is 3.89. The zero-order valence-electron chi connectivity index (χ0n) is 6.90. The highest BCUT2D eigenvalue weighted by atomic mass is 16.1. The molecule has 0 aliphatic heterocycles. The van der Waals surface area contributed by atoms with Crippen molar-refractivity contribution in [3.05, 3.63) is 0 Å². The van der Waals surface area contributed by atoms with Gasteiger partial charge < -0.3 is 4.90 Å². The third-order valence-electron chi connectivity index (χ3n) is 0.980. The lowest BCUT2D eigenvalue weighted by Crippen LogP contribution is -2.12. The van der Waals surface area contributed by atoms with Gasteiger partial charge in [-0.15, -0.1) is 0 Å². The predicted molar refractivity (Wildman–Crippen MR) is 42.0 cm³/mol. The van der Waals surface area contributed by atoms with E-state index in [1.165, 1.54) is 13.3 Å². The van der Waals surface area contributed by atoms with Crippen molar-refractivity contribution in [2.24, 2.45) is 10.9 Å². The van der Waals surface area contributed by atoms with Gasteiger partial charge in [-0.2, -0.15) is 5.26 Å². The number of hydrogen-bond donors (Lipinski definition) is 0. The second kappa shape index (κ2) is 4.45. The van der Waals surface area contributed by atoms with Crippen LogP contribution in [-0.2, 0) is 4.79 Å². The number of carbonyl (C=O) groups is 1. The molecule has 0 aromatic heterocycles. The Morgan fingerprint density at radius 3 is 2.64 bits per heavy atom. The molecule has 0 rings (SSSR count). The lowest BCUT2D eigenvalue weighted by molar-refractivity contribution is -0.119. The standard InChI is InChI=1S/C7H11N3O/c1-6(4-8)7(11)9-5-10(2)3/h5-6H,1-3H3. The summed E-state index contributed by atoms with van der Waals surface area (Å²) in [5.41, 5.74) is 0. The molecule has 1 unspecified atom stereocenters. The summed E-state index contributed by atoms with van der Waals surface area (Å²) in [4.78, 5) is 16.0. The van der Waals surface area contributed by atoms with Crippen LogP contribution in [0.2, 0.25) is 0 Å². The third kappa shape index (κ3) is 4.09. The van der Waals surface area contributed by atoms with Crippen molar-refractivity contribution in [1.82, 2.24) is 4.90 Å². The molecule has 4 heteroatoms. The number of nitrogens with zero attached hydrogens (tertiary/aromatic N) is 3. The van der Waals surface area contributed by atoms with E-state index in [4.69, 9.17) is 5.26 Å². The van der Waals surface area contributed by atoms with Crippen LogP contribution in [0.25, 0.3) is 0 Å². The van der Waals surface area contributed by atoms with Gasteiger partial charge in [-0.3, -0.25) is 4.79 Å². The largest absolute Gasteiger partial charge is 0.369 e. The summed E-state index contributed by atoms with van der Waals surface area (Å²) in [6.07, 6.45) is 1.39. The maximum absolute atomic E-state index is 10.8. The highest BCUT2D eigenvalue weighted by molar-refractivity contribution is 5.87. The van der Waals surface area contributed by atoms with Gasteiger partial charge in [0.1, 0.15) is 5.92 Å². The second-order valence-corrected chi connectivity index (χ2v) is 2.40. The Balaban J connectivity index is 3.99. The molecule has 60 valence electrons. The molecule has 11 heavy (non-hydrogen) atoms. The molecule has 0 heterocycles. The Morgan fingerprint density at radius 1 is 1.73 bits per heavy atom. The fourth-order valence-corrected chi connectivity index (χ4v) is 0.339. The quantitative estimate of drug-likeness (QED) is 0.422. The maximum atomic E-state index is 10.8. The smallest absolute Gasteiger partial charge is 0.264 e. The van der Waals surface area contributed by atoms with Crippen LogP contribution in [0.4, 0.5) is 0 Å². The van der Waals surface area contributed by atoms with E-state index in [2.05, 4.69) is 4.99 Å². The molecule has 0 aliphatic carbocycles. The van der Waals surface area contributed by atoms with Gasteiger partial charge in [0.05, 0.1) is 12.4 Å². The van der Waals surface area contributed by atoms with Crippen LogP contribution >= 0.6 is 0 Å². The van der Waals surface area contributed by atoms with Crippen molar-refractivity contribution < 1.29 is 4.79 Å². The van der Waals surface area contributed by atoms with E-state index in [1.807, 2.05) is 0 Å². The first-order valence-electron chi connectivity index (χ1n) is 3.22. The van der Waals surface area contributed by atoms with Crippen molar-refractivity contribution in [3.8, 4) is 6.07 Å². The van der Waals surface area contributed by atoms with Gasteiger partial charge in [-0.05, 0) is 6.92 Å². The maximum Gasteiger partial charge on any atom is 0.264 e. The molecule has 0 saturated heterocycles. The zero-order chi connectivity index (χ0) is 8.85. The van der Waals surface area contributed by atoms with Crippen LogP contribution in [0.1, 0.15) is 6.92 Å². The van der Waals surface area contributed by atoms with Crippen LogP contribution in [-0.4, -0.2) is 31.2 Å². The average Bonchev–Trinajstić information content (AvgIpc) is 1.98. The lowest BCUT2D eigenvalue weighted by Gasteiger charge is -2.01. The Morgan fingerprint density at radius 2 is 2.27 bits per heavy atom. The summed E-state index contributed by atoms with van der Waals surface area (Å²) in [5.74, 6) is -1.05. The Hall–Kier alpha value is -1.37. The highest BCUT2D eigenvalue weighted by Gasteiger charge is 2.08. The Bertz CT molecular complexity index is 202. The van der Waals surface area contributed by atoms with E-state index < -0.39 is 11.8 Å². The second-order valence-electron chi connectivity index (χ2n) is 2.40. The lowest BCUT2D eigenvalue weighted by atomic mass is 10.2. The molecule has 1 atom stereocenters. The SMILES string of the molecule is CC(C#N)C(=O)N=CN(C)C. The molecule has 0 fully saturated rings. The first-order chi connectivity index (χ1) is 5.07. The summed E-state index contributed by atoms with van der Waals surface area (Å²) < 4.78 is 0. The molecule has 0 radical (unpaired) electrons. The molecule has 1 amide bonds. The van der Waals surface area contributed by atoms with E-state index in [0.717, 1.165) is 0 Å². The zero-order valence-corrected chi connectivity index (χ0v) is 6.90. The molecular weight excluding hydrogens is 142 g/mol. The van der Waals surface area contributed by atoms with Gasteiger partial charge in [0.15, 0.2) is 0 Å². The van der Waals surface area contributed by atoms with Crippen molar-refractivity contribution in [2.45, 2.75) is 6.92 Å². The summed E-state index contributed by atoms with van der Waals surface area (Å²) in [5, 5.41) is 8.31. The molecular formula is C7H11N3O. The molecule has 0 aliphatic rings. The monoisotopic (exact) mass is 153 g/mol. The van der Waals surface area contributed by atoms with Gasteiger partial charge in [0.25, 0.3) is 5.91 Å². The van der Waals surface area contributed by atoms with Crippen molar-refractivity contribution in [1.29, 1.82) is 5.26 Å². The molecule has 4 nitrogen and oxygen atoms in total. The molecule has 0 bridgehead atoms. The number of nitriles is 1. The van der Waals surface area contributed by atoms with Crippen molar-refractivity contribution in [3.63, 3.8) is 0 Å². The third-order valence-corrected chi connectivity index (χ3v) is 0.980. The molecule has 0 N–H and O–H groups in total. The Labute approximate surface area is 66.1 Å². The fraction of sp³-hybridized carbons (Fsp3) is 0.571. The number of carbonyl (C=O) groups excluding carboxylic acids is 1. The van der Waals surface area contributed by atoms with Gasteiger partial charge in [-0.1, -0.05) is 0 Å². The number of amides is 1. The minimum atomic E-state index is -0.647. The average molecular weight is 153 g/mol.